The van der Waals surface area contributed by atoms with E-state index in [4.69, 9.17) is 4.98 Å². The number of aromatic nitrogens is 2. The van der Waals surface area contributed by atoms with E-state index in [-0.39, 0.29) is 5.91 Å². The molecule has 1 saturated heterocycles. The molecule has 1 aliphatic heterocycles. The van der Waals surface area contributed by atoms with E-state index in [1.807, 2.05) is 48.5 Å². The number of nitrogens with zero attached hydrogens (tertiary/aromatic N) is 4. The first-order valence-corrected chi connectivity index (χ1v) is 11.8. The van der Waals surface area contributed by atoms with E-state index in [0.29, 0.717) is 5.56 Å². The largest absolute Gasteiger partial charge is 0.369 e. The second-order valence-corrected chi connectivity index (χ2v) is 8.68. The highest BCUT2D eigenvalue weighted by atomic mass is 16.1. The third-order valence-electron chi connectivity index (χ3n) is 6.58. The van der Waals surface area contributed by atoms with E-state index in [0.717, 1.165) is 66.1 Å². The Morgan fingerprint density at radius 2 is 1.74 bits per heavy atom. The van der Waals surface area contributed by atoms with Crippen LogP contribution in [0.3, 0.4) is 0 Å². The maximum atomic E-state index is 13.5. The van der Waals surface area contributed by atoms with Crippen LogP contribution in [-0.4, -0.2) is 53.5 Å². The van der Waals surface area contributed by atoms with E-state index in [2.05, 4.69) is 46.1 Å². The van der Waals surface area contributed by atoms with Crippen molar-refractivity contribution < 1.29 is 4.79 Å². The minimum Gasteiger partial charge on any atom is -0.369 e. The third-order valence-corrected chi connectivity index (χ3v) is 6.58. The van der Waals surface area contributed by atoms with Gasteiger partial charge in [-0.3, -0.25) is 9.78 Å². The third kappa shape index (κ3) is 4.50. The molecule has 0 spiro atoms. The summed E-state index contributed by atoms with van der Waals surface area (Å²) in [6.45, 7) is 9.59. The minimum atomic E-state index is -0.138. The van der Waals surface area contributed by atoms with Crippen LogP contribution in [0.1, 0.15) is 22.8 Å². The molecule has 0 saturated carbocycles. The molecule has 1 aliphatic rings. The van der Waals surface area contributed by atoms with Crippen molar-refractivity contribution in [3.05, 3.63) is 84.2 Å². The van der Waals surface area contributed by atoms with Gasteiger partial charge in [0.05, 0.1) is 16.8 Å². The molecule has 172 valence electrons. The summed E-state index contributed by atoms with van der Waals surface area (Å²) in [4.78, 5) is 27.2. The topological polar surface area (TPSA) is 61.4 Å². The Balaban J connectivity index is 1.42. The van der Waals surface area contributed by atoms with Gasteiger partial charge < -0.3 is 15.1 Å². The zero-order valence-electron chi connectivity index (χ0n) is 19.7. The summed E-state index contributed by atoms with van der Waals surface area (Å²) in [7, 11) is 0. The van der Waals surface area contributed by atoms with Gasteiger partial charge in [-0.05, 0) is 61.5 Å². The van der Waals surface area contributed by atoms with Gasteiger partial charge in [0.1, 0.15) is 0 Å². The number of para-hydroxylation sites is 1. The second-order valence-electron chi connectivity index (χ2n) is 8.68. The molecule has 0 bridgehead atoms. The van der Waals surface area contributed by atoms with Crippen molar-refractivity contribution in [2.45, 2.75) is 13.8 Å². The van der Waals surface area contributed by atoms with Crippen LogP contribution in [0, 0.1) is 6.92 Å². The van der Waals surface area contributed by atoms with E-state index in [9.17, 15) is 4.79 Å². The summed E-state index contributed by atoms with van der Waals surface area (Å²) >= 11 is 0. The molecule has 1 N–H and O–H groups in total. The van der Waals surface area contributed by atoms with Gasteiger partial charge in [0, 0.05) is 60.9 Å². The first-order chi connectivity index (χ1) is 16.6. The van der Waals surface area contributed by atoms with E-state index in [1.165, 1.54) is 5.69 Å². The molecule has 6 heteroatoms. The maximum Gasteiger partial charge on any atom is 0.256 e. The van der Waals surface area contributed by atoms with Gasteiger partial charge in [-0.2, -0.15) is 0 Å². The van der Waals surface area contributed by atoms with Crippen LogP contribution in [0.5, 0.6) is 0 Å². The number of carbonyl (C=O) groups excluding carboxylic acids is 1. The van der Waals surface area contributed by atoms with Crippen molar-refractivity contribution in [3.63, 3.8) is 0 Å². The van der Waals surface area contributed by atoms with Gasteiger partial charge in [0.2, 0.25) is 0 Å². The zero-order valence-corrected chi connectivity index (χ0v) is 19.7. The van der Waals surface area contributed by atoms with Crippen LogP contribution in [0.15, 0.2) is 73.1 Å². The number of likely N-dealkylation sites (N-methyl/N-ethyl adjacent to an activating group) is 1. The molecule has 0 aliphatic carbocycles. The van der Waals surface area contributed by atoms with Crippen LogP contribution in [0.2, 0.25) is 0 Å². The lowest BCUT2D eigenvalue weighted by atomic mass is 10.0. The maximum absolute atomic E-state index is 13.5. The fourth-order valence-electron chi connectivity index (χ4n) is 4.53. The van der Waals surface area contributed by atoms with E-state index in [1.54, 1.807) is 12.4 Å². The Labute approximate surface area is 200 Å². The molecule has 34 heavy (non-hydrogen) atoms. The summed E-state index contributed by atoms with van der Waals surface area (Å²) in [6, 6.07) is 19.7. The fraction of sp³-hybridized carbons (Fsp3) is 0.250. The molecule has 4 aromatic rings. The Morgan fingerprint density at radius 1 is 0.971 bits per heavy atom. The van der Waals surface area contributed by atoms with Crippen LogP contribution >= 0.6 is 0 Å². The summed E-state index contributed by atoms with van der Waals surface area (Å²) < 4.78 is 0. The van der Waals surface area contributed by atoms with Gasteiger partial charge in [-0.1, -0.05) is 25.1 Å². The highest BCUT2D eigenvalue weighted by molar-refractivity contribution is 6.13. The van der Waals surface area contributed by atoms with Gasteiger partial charge in [0.15, 0.2) is 0 Å². The molecule has 3 heterocycles. The first-order valence-electron chi connectivity index (χ1n) is 11.8. The van der Waals surface area contributed by atoms with Gasteiger partial charge >= 0.3 is 0 Å². The number of carbonyl (C=O) groups is 1. The number of nitrogens with one attached hydrogen (secondary N) is 1. The predicted molar refractivity (Wildman–Crippen MR) is 138 cm³/mol. The number of anilines is 2. The summed E-state index contributed by atoms with van der Waals surface area (Å²) in [6.07, 6.45) is 3.47. The number of pyridine rings is 2. The molecule has 2 aromatic heterocycles. The average Bonchev–Trinajstić information content (AvgIpc) is 2.89. The Morgan fingerprint density at radius 3 is 2.47 bits per heavy atom. The molecule has 1 fully saturated rings. The lowest BCUT2D eigenvalue weighted by molar-refractivity contribution is 0.102. The van der Waals surface area contributed by atoms with Crippen LogP contribution in [0.25, 0.3) is 22.2 Å². The van der Waals surface area contributed by atoms with Gasteiger partial charge in [-0.25, -0.2) is 4.98 Å². The van der Waals surface area contributed by atoms with Crippen LogP contribution in [-0.2, 0) is 0 Å². The molecule has 0 radical (unpaired) electrons. The Kier molecular flexibility index (Phi) is 6.23. The van der Waals surface area contributed by atoms with Crippen molar-refractivity contribution in [2.24, 2.45) is 0 Å². The Hall–Kier alpha value is -3.77. The number of hydrogen-bond donors (Lipinski definition) is 1. The number of rotatable bonds is 5. The smallest absolute Gasteiger partial charge is 0.256 e. The van der Waals surface area contributed by atoms with Crippen LogP contribution in [0.4, 0.5) is 11.4 Å². The highest BCUT2D eigenvalue weighted by Gasteiger charge is 2.18. The number of amides is 1. The highest BCUT2D eigenvalue weighted by Crippen LogP contribution is 2.27. The fourth-order valence-corrected chi connectivity index (χ4v) is 4.53. The predicted octanol–water partition coefficient (Wildman–Crippen LogP) is 5.00. The van der Waals surface area contributed by atoms with E-state index >= 15 is 0 Å². The summed E-state index contributed by atoms with van der Waals surface area (Å²) in [5.41, 5.74) is 6.17. The van der Waals surface area contributed by atoms with E-state index < -0.39 is 0 Å². The molecule has 0 unspecified atom stereocenters. The number of piperazine rings is 1. The van der Waals surface area contributed by atoms with Crippen molar-refractivity contribution >= 4 is 28.2 Å². The SMILES string of the molecule is CCN1CCN(c2ccc(NC(=O)c3cc(-c4ccncc4)nc4ccccc34)c(C)c2)CC1. The molecular formula is C28H29N5O. The van der Waals surface area contributed by atoms with Crippen molar-refractivity contribution in [1.29, 1.82) is 0 Å². The standard InChI is InChI=1S/C28H29N5O/c1-3-32-14-16-33(17-15-32)22-8-9-25(20(2)18-22)31-28(34)24-19-27(21-10-12-29-13-11-21)30-26-7-5-4-6-23(24)26/h4-13,18-19H,3,14-17H2,1-2H3,(H,31,34). The normalized spacial score (nSPS) is 14.4. The number of benzene rings is 2. The molecule has 1 amide bonds. The Bertz CT molecular complexity index is 1310. The molecule has 6 nitrogen and oxygen atoms in total. The summed E-state index contributed by atoms with van der Waals surface area (Å²) in [5, 5.41) is 3.97. The van der Waals surface area contributed by atoms with Gasteiger partial charge in [0.25, 0.3) is 5.91 Å². The monoisotopic (exact) mass is 451 g/mol. The van der Waals surface area contributed by atoms with Crippen LogP contribution < -0.4 is 10.2 Å². The lowest BCUT2D eigenvalue weighted by Crippen LogP contribution is -2.46. The number of aryl methyl sites for hydroxylation is 1. The first kappa shape index (κ1) is 22.0. The minimum absolute atomic E-state index is 0.138. The van der Waals surface area contributed by atoms with Crippen molar-refractivity contribution in [1.82, 2.24) is 14.9 Å². The molecule has 0 atom stereocenters. The van der Waals surface area contributed by atoms with Gasteiger partial charge in [-0.15, -0.1) is 0 Å². The molecule has 5 rings (SSSR count). The van der Waals surface area contributed by atoms with Crippen molar-refractivity contribution in [2.75, 3.05) is 42.9 Å². The summed E-state index contributed by atoms with van der Waals surface area (Å²) in [5.74, 6) is -0.138. The quantitative estimate of drug-likeness (QED) is 0.463. The van der Waals surface area contributed by atoms with Crippen molar-refractivity contribution in [3.8, 4) is 11.3 Å². The second kappa shape index (κ2) is 9.61. The zero-order chi connectivity index (χ0) is 23.5. The number of fused-ring (bicyclic) bond motifs is 1. The molecule has 2 aromatic carbocycles. The average molecular weight is 452 g/mol. The lowest BCUT2D eigenvalue weighted by Gasteiger charge is -2.35. The molecular weight excluding hydrogens is 422 g/mol. The number of hydrogen-bond acceptors (Lipinski definition) is 5.